The van der Waals surface area contributed by atoms with Gasteiger partial charge in [0, 0.05) is 22.4 Å². The minimum absolute atomic E-state index is 0.552. The summed E-state index contributed by atoms with van der Waals surface area (Å²) in [6, 6.07) is 11.0. The molecule has 1 heterocycles. The molecule has 4 nitrogen and oxygen atoms in total. The number of benzene rings is 1. The molecular weight excluding hydrogens is 270 g/mol. The highest BCUT2D eigenvalue weighted by atomic mass is 79.9. The molecule has 2 aromatic rings. The van der Waals surface area contributed by atoms with E-state index >= 15 is 0 Å². The highest BCUT2D eigenvalue weighted by Gasteiger charge is 1.98. The molecule has 0 atom stereocenters. The molecule has 0 aliphatic heterocycles. The Morgan fingerprint density at radius 3 is 2.44 bits per heavy atom. The number of hydrogen-bond donors (Lipinski definition) is 2. The maximum atomic E-state index is 5.53. The van der Waals surface area contributed by atoms with Gasteiger partial charge in [-0.25, -0.2) is 4.98 Å². The molecule has 0 bridgehead atoms. The summed E-state index contributed by atoms with van der Waals surface area (Å²) in [5.41, 5.74) is 3.38. The summed E-state index contributed by atoms with van der Waals surface area (Å²) < 4.78 is 6.45. The predicted octanol–water partition coefficient (Wildman–Crippen LogP) is 2.92. The highest BCUT2D eigenvalue weighted by molar-refractivity contribution is 9.10. The van der Waals surface area contributed by atoms with Crippen LogP contribution in [-0.4, -0.2) is 4.98 Å². The summed E-state index contributed by atoms with van der Waals surface area (Å²) in [6.45, 7) is 0. The van der Waals surface area contributed by atoms with Gasteiger partial charge in [0.1, 0.15) is 5.75 Å². The molecule has 1 aromatic carbocycles. The second kappa shape index (κ2) is 4.96. The van der Waals surface area contributed by atoms with Gasteiger partial charge in [-0.05, 0) is 46.3 Å². The van der Waals surface area contributed by atoms with E-state index in [0.29, 0.717) is 11.6 Å². The lowest BCUT2D eigenvalue weighted by molar-refractivity contribution is 0.463. The van der Waals surface area contributed by atoms with Crippen LogP contribution in [0.3, 0.4) is 0 Å². The maximum absolute atomic E-state index is 5.53. The number of nitrogens with zero attached hydrogens (tertiary/aromatic N) is 1. The van der Waals surface area contributed by atoms with Crippen LogP contribution < -0.4 is 16.0 Å². The van der Waals surface area contributed by atoms with Gasteiger partial charge >= 0.3 is 0 Å². The van der Waals surface area contributed by atoms with Gasteiger partial charge in [-0.15, -0.1) is 0 Å². The van der Waals surface area contributed by atoms with Crippen LogP contribution in [0.25, 0.3) is 0 Å². The van der Waals surface area contributed by atoms with Crippen molar-refractivity contribution in [3.63, 3.8) is 0 Å². The summed E-state index contributed by atoms with van der Waals surface area (Å²) in [5, 5.41) is 0. The third-order valence-electron chi connectivity index (χ3n) is 1.94. The summed E-state index contributed by atoms with van der Waals surface area (Å²) in [4.78, 5) is 4.11. The third-order valence-corrected chi connectivity index (χ3v) is 2.41. The fourth-order valence-corrected chi connectivity index (χ4v) is 1.40. The predicted molar refractivity (Wildman–Crippen MR) is 66.3 cm³/mol. The van der Waals surface area contributed by atoms with Gasteiger partial charge in [0.2, 0.25) is 5.88 Å². The number of anilines is 1. The molecule has 0 aliphatic carbocycles. The second-order valence-electron chi connectivity index (χ2n) is 3.09. The average Bonchev–Trinajstić information content (AvgIpc) is 2.33. The molecule has 1 aromatic heterocycles. The van der Waals surface area contributed by atoms with Crippen molar-refractivity contribution in [1.82, 2.24) is 4.98 Å². The van der Waals surface area contributed by atoms with Crippen molar-refractivity contribution in [3.05, 3.63) is 47.1 Å². The molecule has 5 heteroatoms. The number of pyridine rings is 1. The van der Waals surface area contributed by atoms with Crippen molar-refractivity contribution in [1.29, 1.82) is 0 Å². The smallest absolute Gasteiger partial charge is 0.219 e. The van der Waals surface area contributed by atoms with E-state index in [0.717, 1.165) is 10.2 Å². The lowest BCUT2D eigenvalue weighted by atomic mass is 10.3. The second-order valence-corrected chi connectivity index (χ2v) is 4.00. The quantitative estimate of drug-likeness (QED) is 0.670. The molecule has 0 saturated carbocycles. The van der Waals surface area contributed by atoms with Crippen LogP contribution in [0.5, 0.6) is 11.6 Å². The van der Waals surface area contributed by atoms with Crippen LogP contribution in [-0.2, 0) is 0 Å². The SMILES string of the molecule is NNc1ccc(Oc2ccc(Br)cn2)cc1. The minimum Gasteiger partial charge on any atom is -0.439 e. The highest BCUT2D eigenvalue weighted by Crippen LogP contribution is 2.21. The molecule has 0 radical (unpaired) electrons. The molecule has 2 rings (SSSR count). The zero-order valence-electron chi connectivity index (χ0n) is 8.35. The van der Waals surface area contributed by atoms with Crippen molar-refractivity contribution in [2.45, 2.75) is 0 Å². The van der Waals surface area contributed by atoms with Crippen molar-refractivity contribution >= 4 is 21.6 Å². The van der Waals surface area contributed by atoms with Gasteiger partial charge in [0.15, 0.2) is 0 Å². The summed E-state index contributed by atoms with van der Waals surface area (Å²) in [6.07, 6.45) is 1.69. The fraction of sp³-hybridized carbons (Fsp3) is 0. The molecule has 0 spiro atoms. The number of nitrogens with two attached hydrogens (primary N) is 1. The van der Waals surface area contributed by atoms with Gasteiger partial charge in [-0.3, -0.25) is 5.84 Å². The van der Waals surface area contributed by atoms with E-state index in [2.05, 4.69) is 26.3 Å². The average molecular weight is 280 g/mol. The first-order valence-corrected chi connectivity index (χ1v) is 5.43. The summed E-state index contributed by atoms with van der Waals surface area (Å²) >= 11 is 3.31. The molecule has 0 aliphatic rings. The van der Waals surface area contributed by atoms with Crippen LogP contribution in [0.15, 0.2) is 47.1 Å². The number of hydrogen-bond acceptors (Lipinski definition) is 4. The molecule has 16 heavy (non-hydrogen) atoms. The van der Waals surface area contributed by atoms with Crippen LogP contribution in [0.2, 0.25) is 0 Å². The maximum Gasteiger partial charge on any atom is 0.219 e. The normalized spacial score (nSPS) is 9.88. The van der Waals surface area contributed by atoms with E-state index in [1.807, 2.05) is 30.3 Å². The van der Waals surface area contributed by atoms with Crippen molar-refractivity contribution < 1.29 is 4.74 Å². The molecule has 82 valence electrons. The van der Waals surface area contributed by atoms with Gasteiger partial charge < -0.3 is 10.2 Å². The largest absolute Gasteiger partial charge is 0.439 e. The van der Waals surface area contributed by atoms with Gasteiger partial charge in [-0.2, -0.15) is 0 Å². The van der Waals surface area contributed by atoms with Gasteiger partial charge in [0.05, 0.1) is 0 Å². The van der Waals surface area contributed by atoms with Crippen molar-refractivity contribution in [3.8, 4) is 11.6 Å². The van der Waals surface area contributed by atoms with E-state index < -0.39 is 0 Å². The van der Waals surface area contributed by atoms with Crippen molar-refractivity contribution in [2.75, 3.05) is 5.43 Å². The number of ether oxygens (including phenoxy) is 1. The molecule has 0 fully saturated rings. The Bertz CT molecular complexity index is 456. The summed E-state index contributed by atoms with van der Waals surface area (Å²) in [7, 11) is 0. The zero-order valence-corrected chi connectivity index (χ0v) is 9.94. The van der Waals surface area contributed by atoms with Crippen LogP contribution in [0, 0.1) is 0 Å². The number of nitrogens with one attached hydrogen (secondary N) is 1. The Hall–Kier alpha value is -1.59. The number of rotatable bonds is 3. The first-order chi connectivity index (χ1) is 7.78. The van der Waals surface area contributed by atoms with E-state index in [1.54, 1.807) is 12.3 Å². The Labute approximate surface area is 102 Å². The lowest BCUT2D eigenvalue weighted by Gasteiger charge is -2.05. The standard InChI is InChI=1S/C11H10BrN3O/c12-8-1-6-11(14-7-8)16-10-4-2-9(15-13)3-5-10/h1-7,15H,13H2. The molecule has 3 N–H and O–H groups in total. The Kier molecular flexibility index (Phi) is 3.38. The Balaban J connectivity index is 2.11. The van der Waals surface area contributed by atoms with E-state index in [1.165, 1.54) is 0 Å². The number of aromatic nitrogens is 1. The third kappa shape index (κ3) is 2.71. The first kappa shape index (κ1) is 10.9. The summed E-state index contributed by atoms with van der Waals surface area (Å²) in [5.74, 6) is 6.53. The van der Waals surface area contributed by atoms with Gasteiger partial charge in [0.25, 0.3) is 0 Å². The van der Waals surface area contributed by atoms with Crippen LogP contribution in [0.1, 0.15) is 0 Å². The molecular formula is C11H10BrN3O. The number of hydrazine groups is 1. The minimum atomic E-state index is 0.552. The van der Waals surface area contributed by atoms with Crippen molar-refractivity contribution in [2.24, 2.45) is 5.84 Å². The zero-order chi connectivity index (χ0) is 11.4. The topological polar surface area (TPSA) is 60.2 Å². The first-order valence-electron chi connectivity index (χ1n) is 4.64. The molecule has 0 amide bonds. The van der Waals surface area contributed by atoms with Crippen LogP contribution in [0.4, 0.5) is 5.69 Å². The number of nitrogen functional groups attached to an aromatic ring is 1. The lowest BCUT2D eigenvalue weighted by Crippen LogP contribution is -2.05. The van der Waals surface area contributed by atoms with E-state index in [9.17, 15) is 0 Å². The van der Waals surface area contributed by atoms with E-state index in [-0.39, 0.29) is 0 Å². The monoisotopic (exact) mass is 279 g/mol. The Morgan fingerprint density at radius 1 is 1.12 bits per heavy atom. The molecule has 0 unspecified atom stereocenters. The fourth-order valence-electron chi connectivity index (χ4n) is 1.16. The van der Waals surface area contributed by atoms with Gasteiger partial charge in [-0.1, -0.05) is 0 Å². The van der Waals surface area contributed by atoms with Crippen LogP contribution >= 0.6 is 15.9 Å². The molecule has 0 saturated heterocycles. The van der Waals surface area contributed by atoms with E-state index in [4.69, 9.17) is 10.6 Å². The Morgan fingerprint density at radius 2 is 1.88 bits per heavy atom. The number of halogens is 1.